The Morgan fingerprint density at radius 1 is 1.17 bits per heavy atom. The van der Waals surface area contributed by atoms with Gasteiger partial charge in [0, 0.05) is 21.4 Å². The van der Waals surface area contributed by atoms with Gasteiger partial charge in [0.2, 0.25) is 0 Å². The minimum atomic E-state index is -3.72. The molecule has 0 N–H and O–H groups in total. The highest BCUT2D eigenvalue weighted by Crippen LogP contribution is 1.98. The summed E-state index contributed by atoms with van der Waals surface area (Å²) < 4.78 is 18.3. The maximum Gasteiger partial charge on any atom is 0.317 e. The molecule has 2 nitrogen and oxygen atoms in total. The van der Waals surface area contributed by atoms with Crippen LogP contribution in [0.5, 0.6) is 0 Å². The zero-order chi connectivity index (χ0) is 4.50. The molecule has 0 aromatic heterocycles. The van der Waals surface area contributed by atoms with Gasteiger partial charge >= 0.3 is 8.26 Å². The van der Waals surface area contributed by atoms with E-state index in [2.05, 4.69) is 21.4 Å². The highest BCUT2D eigenvalue weighted by Gasteiger charge is 1.88. The van der Waals surface area contributed by atoms with Gasteiger partial charge in [0.05, 0.1) is 0 Å². The largest absolute Gasteiger partial charge is 0.317 e. The molecule has 0 radical (unpaired) electrons. The van der Waals surface area contributed by atoms with Gasteiger partial charge in [0.25, 0.3) is 0 Å². The summed E-state index contributed by atoms with van der Waals surface area (Å²) in [5.74, 6) is 0. The molecule has 0 amide bonds. The predicted molar refractivity (Wildman–Crippen MR) is 32.0 cm³/mol. The minimum Gasteiger partial charge on any atom is -0.195 e. The van der Waals surface area contributed by atoms with Crippen LogP contribution >= 0.6 is 21.4 Å². The van der Waals surface area contributed by atoms with E-state index in [9.17, 15) is 0 Å². The van der Waals surface area contributed by atoms with E-state index in [0.717, 1.165) is 0 Å². The SMILES string of the molecule is O=S(=O)(Cl)Cl.[SiH4]. The summed E-state index contributed by atoms with van der Waals surface area (Å²) in [6, 6.07) is 0. The molecule has 0 fully saturated rings. The number of rotatable bonds is 0. The summed E-state index contributed by atoms with van der Waals surface area (Å²) in [4.78, 5) is 0. The van der Waals surface area contributed by atoms with Crippen LogP contribution in [0.1, 0.15) is 0 Å². The fraction of sp³-hybridized carbons (Fsp3) is 0. The highest BCUT2D eigenvalue weighted by atomic mass is 36.0. The van der Waals surface area contributed by atoms with E-state index < -0.39 is 8.26 Å². The maximum absolute atomic E-state index is 9.16. The van der Waals surface area contributed by atoms with Gasteiger partial charge in [-0.2, -0.15) is 8.42 Å². The third-order valence-electron chi connectivity index (χ3n) is 0. The Balaban J connectivity index is 0. The number of halogens is 2. The molecular weight excluding hydrogens is 163 g/mol. The van der Waals surface area contributed by atoms with Crippen LogP contribution in [0.25, 0.3) is 0 Å². The molecule has 0 aliphatic rings. The second kappa shape index (κ2) is 2.84. The fourth-order valence-electron chi connectivity index (χ4n) is 0. The van der Waals surface area contributed by atoms with Crippen molar-refractivity contribution >= 4 is 40.6 Å². The lowest BCUT2D eigenvalue weighted by molar-refractivity contribution is 0.621. The van der Waals surface area contributed by atoms with Crippen LogP contribution in [0.15, 0.2) is 0 Å². The Bertz CT molecular complexity index is 94.7. The number of hydrogen-bond donors (Lipinski definition) is 0. The third kappa shape index (κ3) is 119. The van der Waals surface area contributed by atoms with Gasteiger partial charge in [-0.15, -0.1) is 0 Å². The van der Waals surface area contributed by atoms with Crippen molar-refractivity contribution in [3.05, 3.63) is 0 Å². The average Bonchev–Trinajstić information content (AvgIpc) is 0.722. The lowest BCUT2D eigenvalue weighted by Gasteiger charge is -1.61. The van der Waals surface area contributed by atoms with Gasteiger partial charge in [0.15, 0.2) is 0 Å². The Morgan fingerprint density at radius 3 is 1.17 bits per heavy atom. The molecule has 6 heavy (non-hydrogen) atoms. The van der Waals surface area contributed by atoms with E-state index in [1.807, 2.05) is 0 Å². The summed E-state index contributed by atoms with van der Waals surface area (Å²) in [5, 5.41) is 0. The second-order valence-electron chi connectivity index (χ2n) is 0.378. The van der Waals surface area contributed by atoms with Crippen LogP contribution in [0.3, 0.4) is 0 Å². The number of hydrogen-bond acceptors (Lipinski definition) is 2. The molecule has 0 saturated heterocycles. The van der Waals surface area contributed by atoms with Crippen molar-refractivity contribution in [1.82, 2.24) is 0 Å². The molecule has 40 valence electrons. The first-order valence-corrected chi connectivity index (χ1v) is 3.78. The van der Waals surface area contributed by atoms with E-state index in [0.29, 0.717) is 0 Å². The van der Waals surface area contributed by atoms with Crippen molar-refractivity contribution in [2.75, 3.05) is 0 Å². The standard InChI is InChI=1S/Cl2O2S.H4Si/c1-5(2,3)4;/h;1H4. The summed E-state index contributed by atoms with van der Waals surface area (Å²) in [7, 11) is 4.81. The Morgan fingerprint density at radius 2 is 1.17 bits per heavy atom. The van der Waals surface area contributed by atoms with E-state index >= 15 is 0 Å². The van der Waals surface area contributed by atoms with Gasteiger partial charge in [-0.05, 0) is 11.0 Å². The molecule has 0 saturated carbocycles. The van der Waals surface area contributed by atoms with Crippen molar-refractivity contribution in [1.29, 1.82) is 0 Å². The molecule has 0 spiro atoms. The first kappa shape index (κ1) is 9.89. The van der Waals surface area contributed by atoms with E-state index in [-0.39, 0.29) is 11.0 Å². The van der Waals surface area contributed by atoms with Crippen molar-refractivity contribution < 1.29 is 8.42 Å². The normalized spacial score (nSPS) is 9.67. The molecule has 0 unspecified atom stereocenters. The van der Waals surface area contributed by atoms with Crippen molar-refractivity contribution in [3.8, 4) is 0 Å². The summed E-state index contributed by atoms with van der Waals surface area (Å²) in [5.41, 5.74) is 0. The van der Waals surface area contributed by atoms with E-state index in [4.69, 9.17) is 8.42 Å². The molecule has 0 aliphatic carbocycles. The van der Waals surface area contributed by atoms with Gasteiger partial charge in [-0.1, -0.05) is 0 Å². The zero-order valence-electron chi connectivity index (χ0n) is 1.98. The molecule has 0 aromatic carbocycles. The monoisotopic (exact) mass is 166 g/mol. The molecule has 0 aromatic rings. The Hall–Kier alpha value is 0.747. The lowest BCUT2D eigenvalue weighted by atomic mass is 15.9. The Labute approximate surface area is 49.4 Å². The van der Waals surface area contributed by atoms with Crippen LogP contribution in [-0.2, 0) is 8.26 Å². The zero-order valence-corrected chi connectivity index (χ0v) is 4.31. The van der Waals surface area contributed by atoms with E-state index in [1.165, 1.54) is 0 Å². The predicted octanol–water partition coefficient (Wildman–Crippen LogP) is -0.743. The van der Waals surface area contributed by atoms with Crippen LogP contribution in [0.2, 0.25) is 0 Å². The van der Waals surface area contributed by atoms with Gasteiger partial charge in [-0.3, -0.25) is 0 Å². The van der Waals surface area contributed by atoms with Crippen LogP contribution in [0, 0.1) is 0 Å². The quantitative estimate of drug-likeness (QED) is 0.351. The van der Waals surface area contributed by atoms with Crippen molar-refractivity contribution in [2.24, 2.45) is 0 Å². The molecule has 0 rings (SSSR count). The molecule has 0 bridgehead atoms. The van der Waals surface area contributed by atoms with Crippen molar-refractivity contribution in [3.63, 3.8) is 0 Å². The first-order chi connectivity index (χ1) is 2.00. The summed E-state index contributed by atoms with van der Waals surface area (Å²) in [6.45, 7) is 0. The molecule has 0 atom stereocenters. The molecular formula is H4Cl2O2SSi. The Kier molecular flexibility index (Phi) is 4.69. The highest BCUT2D eigenvalue weighted by molar-refractivity contribution is 8.31. The molecule has 6 heteroatoms. The van der Waals surface area contributed by atoms with Gasteiger partial charge in [-0.25, -0.2) is 0 Å². The fourth-order valence-corrected chi connectivity index (χ4v) is 0. The van der Waals surface area contributed by atoms with Crippen LogP contribution in [-0.4, -0.2) is 19.4 Å². The van der Waals surface area contributed by atoms with E-state index in [1.54, 1.807) is 0 Å². The van der Waals surface area contributed by atoms with Gasteiger partial charge < -0.3 is 0 Å². The summed E-state index contributed by atoms with van der Waals surface area (Å²) in [6.07, 6.45) is 0. The van der Waals surface area contributed by atoms with Gasteiger partial charge in [0.1, 0.15) is 0 Å². The van der Waals surface area contributed by atoms with Crippen LogP contribution < -0.4 is 0 Å². The smallest absolute Gasteiger partial charge is 0.195 e. The average molecular weight is 167 g/mol. The lowest BCUT2D eigenvalue weighted by Crippen LogP contribution is -1.63. The third-order valence-corrected chi connectivity index (χ3v) is 0. The van der Waals surface area contributed by atoms with Crippen molar-refractivity contribution in [2.45, 2.75) is 0 Å². The molecule has 0 heterocycles. The minimum absolute atomic E-state index is 0. The molecule has 0 aliphatic heterocycles. The van der Waals surface area contributed by atoms with Crippen LogP contribution in [0.4, 0.5) is 0 Å². The summed E-state index contributed by atoms with van der Waals surface area (Å²) >= 11 is 0. The second-order valence-corrected chi connectivity index (χ2v) is 4.05. The first-order valence-electron chi connectivity index (χ1n) is 0.642. The maximum atomic E-state index is 9.16. The topological polar surface area (TPSA) is 34.1 Å².